The Hall–Kier alpha value is -1.02. The van der Waals surface area contributed by atoms with Gasteiger partial charge in [-0.3, -0.25) is 4.79 Å². The second-order valence-corrected chi connectivity index (χ2v) is 2.63. The van der Waals surface area contributed by atoms with Crippen molar-refractivity contribution in [3.8, 4) is 0 Å². The van der Waals surface area contributed by atoms with E-state index < -0.39 is 0 Å². The van der Waals surface area contributed by atoms with Crippen molar-refractivity contribution in [2.24, 2.45) is 0 Å². The molecular weight excluding hydrogens is 156 g/mol. The predicted octanol–water partition coefficient (Wildman–Crippen LogP) is 2.34. The third-order valence-electron chi connectivity index (χ3n) is 1.34. The summed E-state index contributed by atoms with van der Waals surface area (Å²) in [6, 6.07) is 7.01. The van der Waals surface area contributed by atoms with E-state index in [2.05, 4.69) is 19.2 Å². The second-order valence-electron chi connectivity index (χ2n) is 2.12. The number of benzene rings is 1. The topological polar surface area (TPSA) is 17.1 Å². The van der Waals surface area contributed by atoms with Gasteiger partial charge in [0.25, 0.3) is 0 Å². The zero-order valence-electron chi connectivity index (χ0n) is 5.95. The molecule has 0 amide bonds. The first-order valence-electron chi connectivity index (χ1n) is 3.20. The number of allylic oxidation sites excluding steroid dienone is 1. The maximum Gasteiger partial charge on any atom is 0.185 e. The Morgan fingerprint density at radius 3 is 2.36 bits per heavy atom. The zero-order valence-corrected chi connectivity index (χ0v) is 6.84. The van der Waals surface area contributed by atoms with Gasteiger partial charge in [-0.2, -0.15) is 0 Å². The second kappa shape index (κ2) is 3.39. The molecule has 1 nitrogen and oxygen atoms in total. The van der Waals surface area contributed by atoms with E-state index in [1.54, 1.807) is 24.3 Å². The van der Waals surface area contributed by atoms with Crippen molar-refractivity contribution in [2.45, 2.75) is 4.90 Å². The van der Waals surface area contributed by atoms with Crippen molar-refractivity contribution in [1.29, 1.82) is 0 Å². The molecule has 0 aliphatic heterocycles. The summed E-state index contributed by atoms with van der Waals surface area (Å²) in [6.45, 7) is 3.39. The summed E-state index contributed by atoms with van der Waals surface area (Å²) in [4.78, 5) is 11.8. The predicted molar refractivity (Wildman–Crippen MR) is 48.2 cm³/mol. The molecule has 0 atom stereocenters. The van der Waals surface area contributed by atoms with Gasteiger partial charge >= 0.3 is 0 Å². The van der Waals surface area contributed by atoms with Crippen LogP contribution in [0.4, 0.5) is 0 Å². The van der Waals surface area contributed by atoms with Gasteiger partial charge in [0.1, 0.15) is 0 Å². The van der Waals surface area contributed by atoms with E-state index in [-0.39, 0.29) is 5.78 Å². The van der Waals surface area contributed by atoms with Crippen molar-refractivity contribution >= 4 is 18.4 Å². The molecule has 2 heteroatoms. The van der Waals surface area contributed by atoms with E-state index >= 15 is 0 Å². The van der Waals surface area contributed by atoms with E-state index in [0.717, 1.165) is 4.90 Å². The number of ketones is 1. The third-order valence-corrected chi connectivity index (χ3v) is 1.64. The highest BCUT2D eigenvalue weighted by Crippen LogP contribution is 2.08. The summed E-state index contributed by atoms with van der Waals surface area (Å²) in [5, 5.41) is 0. The lowest BCUT2D eigenvalue weighted by molar-refractivity contribution is 0.104. The van der Waals surface area contributed by atoms with Crippen LogP contribution in [0.1, 0.15) is 10.4 Å². The minimum atomic E-state index is -0.0571. The van der Waals surface area contributed by atoms with Crippen LogP contribution in [0, 0.1) is 0 Å². The first-order valence-corrected chi connectivity index (χ1v) is 3.64. The first-order chi connectivity index (χ1) is 5.24. The maximum atomic E-state index is 11.0. The molecule has 0 bridgehead atoms. The van der Waals surface area contributed by atoms with Crippen LogP contribution in [-0.4, -0.2) is 5.78 Å². The lowest BCUT2D eigenvalue weighted by atomic mass is 10.1. The smallest absolute Gasteiger partial charge is 0.185 e. The largest absolute Gasteiger partial charge is 0.289 e. The van der Waals surface area contributed by atoms with Gasteiger partial charge in [-0.15, -0.1) is 12.6 Å². The van der Waals surface area contributed by atoms with E-state index in [4.69, 9.17) is 0 Å². The summed E-state index contributed by atoms with van der Waals surface area (Å²) in [5.74, 6) is -0.0571. The summed E-state index contributed by atoms with van der Waals surface area (Å²) in [7, 11) is 0. The van der Waals surface area contributed by atoms with Crippen molar-refractivity contribution in [2.75, 3.05) is 0 Å². The average Bonchev–Trinajstić information content (AvgIpc) is 2.05. The van der Waals surface area contributed by atoms with Crippen molar-refractivity contribution in [3.63, 3.8) is 0 Å². The molecule has 0 aliphatic carbocycles. The number of rotatable bonds is 2. The fraction of sp³-hybridized carbons (Fsp3) is 0. The summed E-state index contributed by atoms with van der Waals surface area (Å²) in [5.41, 5.74) is 0.651. The van der Waals surface area contributed by atoms with Gasteiger partial charge in [0.2, 0.25) is 0 Å². The highest BCUT2D eigenvalue weighted by Gasteiger charge is 1.97. The van der Waals surface area contributed by atoms with Crippen LogP contribution in [0.15, 0.2) is 41.8 Å². The molecule has 0 spiro atoms. The number of carbonyl (C=O) groups is 1. The first kappa shape index (κ1) is 8.08. The number of hydrogen-bond donors (Lipinski definition) is 1. The normalized spacial score (nSPS) is 9.18. The Bertz CT molecular complexity index is 274. The van der Waals surface area contributed by atoms with Crippen LogP contribution in [0.5, 0.6) is 0 Å². The van der Waals surface area contributed by atoms with Gasteiger partial charge < -0.3 is 0 Å². The maximum absolute atomic E-state index is 11.0. The van der Waals surface area contributed by atoms with E-state index in [0.29, 0.717) is 5.56 Å². The van der Waals surface area contributed by atoms with Crippen molar-refractivity contribution in [1.82, 2.24) is 0 Å². The van der Waals surface area contributed by atoms with Crippen molar-refractivity contribution < 1.29 is 4.79 Å². The molecular formula is C9H8OS. The van der Waals surface area contributed by atoms with Gasteiger partial charge in [0.05, 0.1) is 0 Å². The minimum absolute atomic E-state index is 0.0571. The van der Waals surface area contributed by atoms with E-state index in [1.807, 2.05) is 0 Å². The Balaban J connectivity index is 2.98. The van der Waals surface area contributed by atoms with Crippen LogP contribution in [0.3, 0.4) is 0 Å². The lowest BCUT2D eigenvalue weighted by Crippen LogP contribution is -1.91. The van der Waals surface area contributed by atoms with Gasteiger partial charge in [-0.05, 0) is 30.3 Å². The minimum Gasteiger partial charge on any atom is -0.289 e. The molecule has 0 aliphatic rings. The van der Waals surface area contributed by atoms with Crippen LogP contribution < -0.4 is 0 Å². The molecule has 0 saturated carbocycles. The van der Waals surface area contributed by atoms with Gasteiger partial charge in [-0.1, -0.05) is 6.58 Å². The molecule has 1 aromatic rings. The fourth-order valence-electron chi connectivity index (χ4n) is 0.744. The summed E-state index contributed by atoms with van der Waals surface area (Å²) < 4.78 is 0. The number of carbonyl (C=O) groups excluding carboxylic acids is 1. The summed E-state index contributed by atoms with van der Waals surface area (Å²) in [6.07, 6.45) is 1.30. The molecule has 0 aromatic heterocycles. The quantitative estimate of drug-likeness (QED) is 0.403. The Labute approximate surface area is 71.2 Å². The zero-order chi connectivity index (χ0) is 8.27. The Morgan fingerprint density at radius 1 is 1.36 bits per heavy atom. The standard InChI is InChI=1S/C9H8OS/c1-2-9(10)7-3-5-8(11)6-4-7/h2-6,11H,1H2. The van der Waals surface area contributed by atoms with E-state index in [9.17, 15) is 4.79 Å². The molecule has 0 heterocycles. The Kier molecular flexibility index (Phi) is 2.49. The van der Waals surface area contributed by atoms with Crippen LogP contribution in [0.2, 0.25) is 0 Å². The Morgan fingerprint density at radius 2 is 1.91 bits per heavy atom. The van der Waals surface area contributed by atoms with Gasteiger partial charge in [0.15, 0.2) is 5.78 Å². The molecule has 56 valence electrons. The monoisotopic (exact) mass is 164 g/mol. The van der Waals surface area contributed by atoms with Crippen LogP contribution in [-0.2, 0) is 0 Å². The van der Waals surface area contributed by atoms with Crippen LogP contribution in [0.25, 0.3) is 0 Å². The third kappa shape index (κ3) is 1.95. The highest BCUT2D eigenvalue weighted by molar-refractivity contribution is 7.80. The lowest BCUT2D eigenvalue weighted by Gasteiger charge is -1.94. The van der Waals surface area contributed by atoms with Crippen molar-refractivity contribution in [3.05, 3.63) is 42.5 Å². The average molecular weight is 164 g/mol. The van der Waals surface area contributed by atoms with E-state index in [1.165, 1.54) is 6.08 Å². The molecule has 0 unspecified atom stereocenters. The number of thiol groups is 1. The molecule has 0 saturated heterocycles. The molecule has 0 radical (unpaired) electrons. The molecule has 1 aromatic carbocycles. The molecule has 0 N–H and O–H groups in total. The molecule has 0 fully saturated rings. The number of hydrogen-bond acceptors (Lipinski definition) is 2. The summed E-state index contributed by atoms with van der Waals surface area (Å²) >= 11 is 4.09. The SMILES string of the molecule is C=CC(=O)c1ccc(S)cc1. The highest BCUT2D eigenvalue weighted by atomic mass is 32.1. The fourth-order valence-corrected chi connectivity index (χ4v) is 0.893. The van der Waals surface area contributed by atoms with Crippen LogP contribution >= 0.6 is 12.6 Å². The molecule has 11 heavy (non-hydrogen) atoms. The van der Waals surface area contributed by atoms with Gasteiger partial charge in [0, 0.05) is 10.5 Å². The molecule has 1 rings (SSSR count). The van der Waals surface area contributed by atoms with Gasteiger partial charge in [-0.25, -0.2) is 0 Å².